The molecule has 1 nitrogen and oxygen atoms in total. The Balaban J connectivity index is 2.85. The van der Waals surface area contributed by atoms with Crippen LogP contribution in [0.2, 0.25) is 0 Å². The van der Waals surface area contributed by atoms with Crippen LogP contribution in [0.15, 0.2) is 24.3 Å². The molecular weight excluding hydrogens is 189 g/mol. The average molecular weight is 209 g/mol. The molecule has 0 radical (unpaired) electrons. The Morgan fingerprint density at radius 3 is 2.53 bits per heavy atom. The second-order valence-corrected chi connectivity index (χ2v) is 4.32. The fraction of sp³-hybridized carbons (Fsp3) is 0.538. The molecule has 0 amide bonds. The van der Waals surface area contributed by atoms with Gasteiger partial charge in [-0.05, 0) is 30.5 Å². The standard InChI is InChI=1S/C13H20FN/c1-10(2)8-11-6-4-5-7-12(11)13(14)9-15-3/h4-7,10,13,15H,8-9H2,1-3H3. The van der Waals surface area contributed by atoms with E-state index in [0.717, 1.165) is 17.5 Å². The molecule has 0 aliphatic carbocycles. The molecule has 0 aliphatic heterocycles. The molecule has 1 atom stereocenters. The minimum absolute atomic E-state index is 0.384. The van der Waals surface area contributed by atoms with E-state index in [1.54, 1.807) is 7.05 Å². The second kappa shape index (κ2) is 5.86. The highest BCUT2D eigenvalue weighted by Gasteiger charge is 2.13. The lowest BCUT2D eigenvalue weighted by Gasteiger charge is -2.14. The number of benzene rings is 1. The van der Waals surface area contributed by atoms with Gasteiger partial charge in [-0.3, -0.25) is 0 Å². The zero-order chi connectivity index (χ0) is 11.3. The summed E-state index contributed by atoms with van der Waals surface area (Å²) in [5, 5.41) is 2.87. The zero-order valence-electron chi connectivity index (χ0n) is 9.76. The molecule has 1 rings (SSSR count). The monoisotopic (exact) mass is 209 g/mol. The second-order valence-electron chi connectivity index (χ2n) is 4.32. The Morgan fingerprint density at radius 1 is 1.27 bits per heavy atom. The molecule has 0 spiro atoms. The molecule has 0 bridgehead atoms. The number of rotatable bonds is 5. The molecular formula is C13H20FN. The molecule has 0 fully saturated rings. The Bertz CT molecular complexity index is 296. The Morgan fingerprint density at radius 2 is 1.93 bits per heavy atom. The fourth-order valence-electron chi connectivity index (χ4n) is 1.75. The minimum atomic E-state index is -0.898. The molecule has 1 N–H and O–H groups in total. The molecule has 2 heteroatoms. The van der Waals surface area contributed by atoms with E-state index in [9.17, 15) is 4.39 Å². The predicted octanol–water partition coefficient (Wildman–Crippen LogP) is 3.12. The molecule has 84 valence electrons. The SMILES string of the molecule is CNCC(F)c1ccccc1CC(C)C. The first-order valence-corrected chi connectivity index (χ1v) is 5.51. The summed E-state index contributed by atoms with van der Waals surface area (Å²) in [7, 11) is 1.78. The van der Waals surface area contributed by atoms with Crippen LogP contribution in [-0.4, -0.2) is 13.6 Å². The van der Waals surface area contributed by atoms with Gasteiger partial charge in [-0.15, -0.1) is 0 Å². The van der Waals surface area contributed by atoms with Crippen molar-refractivity contribution in [3.05, 3.63) is 35.4 Å². The Hall–Kier alpha value is -0.890. The van der Waals surface area contributed by atoms with Crippen molar-refractivity contribution in [2.75, 3.05) is 13.6 Å². The van der Waals surface area contributed by atoms with E-state index >= 15 is 0 Å². The van der Waals surface area contributed by atoms with Crippen molar-refractivity contribution in [3.63, 3.8) is 0 Å². The highest BCUT2D eigenvalue weighted by atomic mass is 19.1. The van der Waals surface area contributed by atoms with E-state index in [-0.39, 0.29) is 0 Å². The highest BCUT2D eigenvalue weighted by Crippen LogP contribution is 2.23. The molecule has 15 heavy (non-hydrogen) atoms. The average Bonchev–Trinajstić information content (AvgIpc) is 2.18. The van der Waals surface area contributed by atoms with Gasteiger partial charge < -0.3 is 5.32 Å². The first kappa shape index (κ1) is 12.2. The molecule has 1 aromatic carbocycles. The van der Waals surface area contributed by atoms with Gasteiger partial charge in [-0.25, -0.2) is 4.39 Å². The minimum Gasteiger partial charge on any atom is -0.317 e. The molecule has 1 aromatic rings. The number of halogens is 1. The molecule has 0 aliphatic rings. The van der Waals surface area contributed by atoms with Gasteiger partial charge in [0.15, 0.2) is 0 Å². The lowest BCUT2D eigenvalue weighted by molar-refractivity contribution is 0.333. The van der Waals surface area contributed by atoms with Crippen LogP contribution in [0, 0.1) is 5.92 Å². The third-order valence-electron chi connectivity index (χ3n) is 2.40. The van der Waals surface area contributed by atoms with Gasteiger partial charge in [-0.2, -0.15) is 0 Å². The lowest BCUT2D eigenvalue weighted by atomic mass is 9.95. The number of alkyl halides is 1. The van der Waals surface area contributed by atoms with Crippen LogP contribution < -0.4 is 5.32 Å². The number of nitrogens with one attached hydrogen (secondary N) is 1. The van der Waals surface area contributed by atoms with Crippen molar-refractivity contribution in [2.45, 2.75) is 26.4 Å². The third kappa shape index (κ3) is 3.63. The summed E-state index contributed by atoms with van der Waals surface area (Å²) >= 11 is 0. The van der Waals surface area contributed by atoms with Crippen molar-refractivity contribution in [1.29, 1.82) is 0 Å². The Kier molecular flexibility index (Phi) is 4.76. The van der Waals surface area contributed by atoms with Crippen LogP contribution in [-0.2, 0) is 6.42 Å². The molecule has 0 aromatic heterocycles. The van der Waals surface area contributed by atoms with Crippen molar-refractivity contribution in [3.8, 4) is 0 Å². The van der Waals surface area contributed by atoms with Gasteiger partial charge in [0.1, 0.15) is 6.17 Å². The van der Waals surface area contributed by atoms with Crippen molar-refractivity contribution in [2.24, 2.45) is 5.92 Å². The van der Waals surface area contributed by atoms with Crippen molar-refractivity contribution in [1.82, 2.24) is 5.32 Å². The van der Waals surface area contributed by atoms with Gasteiger partial charge in [0.05, 0.1) is 0 Å². The summed E-state index contributed by atoms with van der Waals surface area (Å²) in [5.41, 5.74) is 1.97. The van der Waals surface area contributed by atoms with Crippen LogP contribution in [0.25, 0.3) is 0 Å². The van der Waals surface area contributed by atoms with Crippen molar-refractivity contribution >= 4 is 0 Å². The van der Waals surface area contributed by atoms with Gasteiger partial charge in [-0.1, -0.05) is 38.1 Å². The summed E-state index contributed by atoms with van der Waals surface area (Å²) < 4.78 is 13.8. The van der Waals surface area contributed by atoms with Crippen LogP contribution in [0.1, 0.15) is 31.1 Å². The van der Waals surface area contributed by atoms with Crippen LogP contribution in [0.3, 0.4) is 0 Å². The molecule has 1 unspecified atom stereocenters. The number of likely N-dealkylation sites (N-methyl/N-ethyl adjacent to an activating group) is 1. The largest absolute Gasteiger partial charge is 0.317 e. The van der Waals surface area contributed by atoms with E-state index in [2.05, 4.69) is 19.2 Å². The maximum Gasteiger partial charge on any atom is 0.138 e. The first-order chi connectivity index (χ1) is 7.15. The summed E-state index contributed by atoms with van der Waals surface area (Å²) in [6.07, 6.45) is 0.0466. The van der Waals surface area contributed by atoms with Crippen LogP contribution in [0.4, 0.5) is 4.39 Å². The number of hydrogen-bond donors (Lipinski definition) is 1. The summed E-state index contributed by atoms with van der Waals surface area (Å²) in [6, 6.07) is 7.80. The van der Waals surface area contributed by atoms with Gasteiger partial charge >= 0.3 is 0 Å². The quantitative estimate of drug-likeness (QED) is 0.785. The van der Waals surface area contributed by atoms with E-state index in [0.29, 0.717) is 12.5 Å². The van der Waals surface area contributed by atoms with E-state index < -0.39 is 6.17 Å². The molecule has 0 saturated heterocycles. The molecule has 0 saturated carbocycles. The van der Waals surface area contributed by atoms with E-state index in [1.807, 2.05) is 24.3 Å². The van der Waals surface area contributed by atoms with Gasteiger partial charge in [0, 0.05) is 6.54 Å². The predicted molar refractivity (Wildman–Crippen MR) is 62.8 cm³/mol. The summed E-state index contributed by atoms with van der Waals surface area (Å²) in [6.45, 7) is 4.69. The summed E-state index contributed by atoms with van der Waals surface area (Å²) in [4.78, 5) is 0. The topological polar surface area (TPSA) is 12.0 Å². The maximum absolute atomic E-state index is 13.8. The van der Waals surface area contributed by atoms with Gasteiger partial charge in [0.25, 0.3) is 0 Å². The number of hydrogen-bond acceptors (Lipinski definition) is 1. The Labute approximate surface area is 91.7 Å². The van der Waals surface area contributed by atoms with Crippen LogP contribution in [0.5, 0.6) is 0 Å². The van der Waals surface area contributed by atoms with E-state index in [1.165, 1.54) is 0 Å². The normalized spacial score (nSPS) is 13.1. The van der Waals surface area contributed by atoms with E-state index in [4.69, 9.17) is 0 Å². The lowest BCUT2D eigenvalue weighted by Crippen LogP contribution is -2.15. The fourth-order valence-corrected chi connectivity index (χ4v) is 1.75. The molecule has 0 heterocycles. The zero-order valence-corrected chi connectivity index (χ0v) is 9.76. The van der Waals surface area contributed by atoms with Crippen molar-refractivity contribution < 1.29 is 4.39 Å². The van der Waals surface area contributed by atoms with Gasteiger partial charge in [0.2, 0.25) is 0 Å². The maximum atomic E-state index is 13.8. The smallest absolute Gasteiger partial charge is 0.138 e. The summed E-state index contributed by atoms with van der Waals surface area (Å²) in [5.74, 6) is 0.563. The first-order valence-electron chi connectivity index (χ1n) is 5.51. The highest BCUT2D eigenvalue weighted by molar-refractivity contribution is 5.29. The van der Waals surface area contributed by atoms with Crippen LogP contribution >= 0.6 is 0 Å². The third-order valence-corrected chi connectivity index (χ3v) is 2.40.